The standard InChI is InChI=1S/C16H20N4O3/c1-18-11-8-17-16(18)15(21)12-6-9-19(10-7-12)13-2-4-14(5-3-13)20(22)23/h2-5,8,11-12,15,21H,6-7,9-10H2,1H3. The monoisotopic (exact) mass is 316 g/mol. The zero-order valence-electron chi connectivity index (χ0n) is 13.0. The van der Waals surface area contributed by atoms with Gasteiger partial charge in [0.25, 0.3) is 5.69 Å². The van der Waals surface area contributed by atoms with Crippen LogP contribution in [0.25, 0.3) is 0 Å². The Morgan fingerprint density at radius 1 is 1.30 bits per heavy atom. The van der Waals surface area contributed by atoms with E-state index in [9.17, 15) is 15.2 Å². The molecule has 0 spiro atoms. The number of piperidine rings is 1. The van der Waals surface area contributed by atoms with Gasteiger partial charge in [0.15, 0.2) is 0 Å². The first kappa shape index (κ1) is 15.5. The summed E-state index contributed by atoms with van der Waals surface area (Å²) in [4.78, 5) is 16.7. The lowest BCUT2D eigenvalue weighted by atomic mass is 9.90. The fourth-order valence-electron chi connectivity index (χ4n) is 3.13. The summed E-state index contributed by atoms with van der Waals surface area (Å²) >= 11 is 0. The number of non-ortho nitro benzene ring substituents is 1. The number of anilines is 1. The number of aromatic nitrogens is 2. The summed E-state index contributed by atoms with van der Waals surface area (Å²) in [5.74, 6) is 0.893. The molecular weight excluding hydrogens is 296 g/mol. The van der Waals surface area contributed by atoms with Gasteiger partial charge in [-0.15, -0.1) is 0 Å². The Balaban J connectivity index is 1.62. The largest absolute Gasteiger partial charge is 0.385 e. The molecular formula is C16H20N4O3. The van der Waals surface area contributed by atoms with Crippen LogP contribution in [0.5, 0.6) is 0 Å². The van der Waals surface area contributed by atoms with E-state index in [-0.39, 0.29) is 16.5 Å². The second kappa shape index (κ2) is 6.37. The number of aliphatic hydroxyl groups is 1. The zero-order valence-corrected chi connectivity index (χ0v) is 13.0. The second-order valence-corrected chi connectivity index (χ2v) is 5.94. The Kier molecular flexibility index (Phi) is 4.29. The molecule has 0 radical (unpaired) electrons. The van der Waals surface area contributed by atoms with Crippen LogP contribution in [0.2, 0.25) is 0 Å². The average molecular weight is 316 g/mol. The maximum Gasteiger partial charge on any atom is 0.269 e. The van der Waals surface area contributed by atoms with Crippen molar-refractivity contribution >= 4 is 11.4 Å². The molecule has 7 nitrogen and oxygen atoms in total. The lowest BCUT2D eigenvalue weighted by molar-refractivity contribution is -0.384. The van der Waals surface area contributed by atoms with E-state index < -0.39 is 6.10 Å². The molecule has 1 aliphatic heterocycles. The Labute approximate surface area is 134 Å². The van der Waals surface area contributed by atoms with Gasteiger partial charge in [-0.2, -0.15) is 0 Å². The van der Waals surface area contributed by atoms with Crippen LogP contribution in [0.15, 0.2) is 36.7 Å². The van der Waals surface area contributed by atoms with Gasteiger partial charge in [0, 0.05) is 50.4 Å². The van der Waals surface area contributed by atoms with Gasteiger partial charge >= 0.3 is 0 Å². The molecule has 122 valence electrons. The molecule has 0 amide bonds. The van der Waals surface area contributed by atoms with Gasteiger partial charge in [-0.1, -0.05) is 0 Å². The Morgan fingerprint density at radius 3 is 2.48 bits per heavy atom. The summed E-state index contributed by atoms with van der Waals surface area (Å²) in [6.45, 7) is 1.65. The predicted molar refractivity (Wildman–Crippen MR) is 86.2 cm³/mol. The number of hydrogen-bond donors (Lipinski definition) is 1. The number of nitrogens with zero attached hydrogens (tertiary/aromatic N) is 4. The van der Waals surface area contributed by atoms with Gasteiger partial charge in [0.1, 0.15) is 11.9 Å². The Bertz CT molecular complexity index is 675. The number of aliphatic hydroxyl groups excluding tert-OH is 1. The van der Waals surface area contributed by atoms with Crippen molar-refractivity contribution in [3.05, 3.63) is 52.6 Å². The third-order valence-corrected chi connectivity index (χ3v) is 4.53. The smallest absolute Gasteiger partial charge is 0.269 e. The van der Waals surface area contributed by atoms with Gasteiger partial charge in [0.05, 0.1) is 4.92 Å². The van der Waals surface area contributed by atoms with E-state index in [1.807, 2.05) is 17.8 Å². The summed E-state index contributed by atoms with van der Waals surface area (Å²) in [5, 5.41) is 21.2. The fourth-order valence-corrected chi connectivity index (χ4v) is 3.13. The van der Waals surface area contributed by atoms with Gasteiger partial charge in [-0.25, -0.2) is 4.98 Å². The SMILES string of the molecule is Cn1ccnc1C(O)C1CCN(c2ccc([N+](=O)[O-])cc2)CC1. The molecule has 0 bridgehead atoms. The lowest BCUT2D eigenvalue weighted by Crippen LogP contribution is -2.36. The minimum atomic E-state index is -0.547. The first-order valence-electron chi connectivity index (χ1n) is 7.71. The average Bonchev–Trinajstić information content (AvgIpc) is 3.00. The van der Waals surface area contributed by atoms with E-state index >= 15 is 0 Å². The molecule has 1 aliphatic rings. The van der Waals surface area contributed by atoms with Crippen LogP contribution in [-0.2, 0) is 7.05 Å². The molecule has 23 heavy (non-hydrogen) atoms. The maximum atomic E-state index is 10.7. The topological polar surface area (TPSA) is 84.4 Å². The van der Waals surface area contributed by atoms with Crippen molar-refractivity contribution in [2.75, 3.05) is 18.0 Å². The van der Waals surface area contributed by atoms with Crippen LogP contribution in [0, 0.1) is 16.0 Å². The van der Waals surface area contributed by atoms with Crippen molar-refractivity contribution < 1.29 is 10.0 Å². The van der Waals surface area contributed by atoms with E-state index in [0.29, 0.717) is 5.82 Å². The molecule has 1 aromatic heterocycles. The highest BCUT2D eigenvalue weighted by Crippen LogP contribution is 2.32. The van der Waals surface area contributed by atoms with Gasteiger partial charge in [0.2, 0.25) is 0 Å². The van der Waals surface area contributed by atoms with E-state index in [2.05, 4.69) is 9.88 Å². The highest BCUT2D eigenvalue weighted by molar-refractivity contribution is 5.51. The minimum Gasteiger partial charge on any atom is -0.385 e. The normalized spacial score (nSPS) is 17.2. The third kappa shape index (κ3) is 3.19. The zero-order chi connectivity index (χ0) is 16.4. The molecule has 1 unspecified atom stereocenters. The predicted octanol–water partition coefficient (Wildman–Crippen LogP) is 2.28. The first-order valence-corrected chi connectivity index (χ1v) is 7.71. The Morgan fingerprint density at radius 2 is 1.96 bits per heavy atom. The number of nitro benzene ring substituents is 1. The first-order chi connectivity index (χ1) is 11.1. The van der Waals surface area contributed by atoms with Gasteiger partial charge in [-0.05, 0) is 30.9 Å². The van der Waals surface area contributed by atoms with Crippen LogP contribution in [0.3, 0.4) is 0 Å². The van der Waals surface area contributed by atoms with Crippen molar-refractivity contribution in [2.24, 2.45) is 13.0 Å². The summed E-state index contributed by atoms with van der Waals surface area (Å²) < 4.78 is 1.85. The van der Waals surface area contributed by atoms with E-state index in [1.54, 1.807) is 18.3 Å². The van der Waals surface area contributed by atoms with Crippen molar-refractivity contribution in [3.63, 3.8) is 0 Å². The van der Waals surface area contributed by atoms with Crippen LogP contribution in [-0.4, -0.2) is 32.7 Å². The van der Waals surface area contributed by atoms with Crippen LogP contribution >= 0.6 is 0 Å². The molecule has 3 rings (SSSR count). The molecule has 2 aromatic rings. The van der Waals surface area contributed by atoms with Gasteiger partial charge in [-0.3, -0.25) is 10.1 Å². The highest BCUT2D eigenvalue weighted by atomic mass is 16.6. The quantitative estimate of drug-likeness (QED) is 0.691. The molecule has 1 atom stereocenters. The lowest BCUT2D eigenvalue weighted by Gasteiger charge is -2.35. The highest BCUT2D eigenvalue weighted by Gasteiger charge is 2.28. The molecule has 7 heteroatoms. The van der Waals surface area contributed by atoms with Crippen LogP contribution < -0.4 is 4.90 Å². The van der Waals surface area contributed by atoms with E-state index in [0.717, 1.165) is 31.6 Å². The fraction of sp³-hybridized carbons (Fsp3) is 0.438. The summed E-state index contributed by atoms with van der Waals surface area (Å²) in [6, 6.07) is 6.63. The van der Waals surface area contributed by atoms with Crippen molar-refractivity contribution in [1.29, 1.82) is 0 Å². The number of hydrogen-bond acceptors (Lipinski definition) is 5. The third-order valence-electron chi connectivity index (χ3n) is 4.53. The van der Waals surface area contributed by atoms with E-state index in [1.165, 1.54) is 12.1 Å². The number of rotatable bonds is 4. The van der Waals surface area contributed by atoms with E-state index in [4.69, 9.17) is 0 Å². The summed E-state index contributed by atoms with van der Waals surface area (Å²) in [7, 11) is 1.89. The van der Waals surface area contributed by atoms with Crippen molar-refractivity contribution in [2.45, 2.75) is 18.9 Å². The number of imidazole rings is 1. The Hall–Kier alpha value is -2.41. The minimum absolute atomic E-state index is 0.105. The summed E-state index contributed by atoms with van der Waals surface area (Å²) in [6.07, 6.45) is 4.72. The molecule has 1 aromatic carbocycles. The molecule has 1 N–H and O–H groups in total. The van der Waals surface area contributed by atoms with Crippen LogP contribution in [0.4, 0.5) is 11.4 Å². The maximum absolute atomic E-state index is 10.7. The van der Waals surface area contributed by atoms with Crippen LogP contribution in [0.1, 0.15) is 24.8 Å². The molecule has 0 aliphatic carbocycles. The second-order valence-electron chi connectivity index (χ2n) is 5.94. The molecule has 1 saturated heterocycles. The number of nitro groups is 1. The molecule has 2 heterocycles. The van der Waals surface area contributed by atoms with Crippen molar-refractivity contribution in [1.82, 2.24) is 9.55 Å². The van der Waals surface area contributed by atoms with Gasteiger partial charge < -0.3 is 14.6 Å². The number of benzene rings is 1. The number of aryl methyl sites for hydroxylation is 1. The van der Waals surface area contributed by atoms with Crippen molar-refractivity contribution in [3.8, 4) is 0 Å². The molecule has 1 fully saturated rings. The summed E-state index contributed by atoms with van der Waals surface area (Å²) in [5.41, 5.74) is 1.09. The molecule has 0 saturated carbocycles.